The van der Waals surface area contributed by atoms with E-state index in [9.17, 15) is 34.2 Å². The van der Waals surface area contributed by atoms with Gasteiger partial charge in [-0.2, -0.15) is 11.8 Å². The molecule has 0 aliphatic carbocycles. The van der Waals surface area contributed by atoms with Crippen molar-refractivity contribution in [1.29, 1.82) is 0 Å². The molecule has 0 aliphatic rings. The fraction of sp³-hybridized carbons (Fsp3) is 0.714. The van der Waals surface area contributed by atoms with E-state index in [2.05, 4.69) is 20.9 Å². The Hall–Kier alpha value is -3.07. The standard InChI is InChI=1S/C21H39N7O7S/c1-11(2)9-15(20(34)35)28-19(33)14(10-16(29)30)27-18(32)13(6-8-36-3)26-17(31)12(22)5-4-7-25-21(23)24/h11-15H,4-10,22H2,1-3H3,(H,26,31)(H,27,32)(H,28,33)(H,29,30)(H,34,35)(H4,23,24,25). The average Bonchev–Trinajstić information content (AvgIpc) is 2.77. The number of nitrogens with one attached hydrogen (secondary N) is 3. The van der Waals surface area contributed by atoms with Gasteiger partial charge in [-0.25, -0.2) is 4.79 Å². The summed E-state index contributed by atoms with van der Waals surface area (Å²) in [4.78, 5) is 64.7. The number of hydrogen-bond acceptors (Lipinski definition) is 8. The third kappa shape index (κ3) is 14.4. The van der Waals surface area contributed by atoms with Gasteiger partial charge in [0.2, 0.25) is 17.7 Å². The van der Waals surface area contributed by atoms with Crippen LogP contribution in [0.4, 0.5) is 0 Å². The molecule has 0 saturated heterocycles. The van der Waals surface area contributed by atoms with Crippen LogP contribution in [0.5, 0.6) is 0 Å². The number of thioether (sulfide) groups is 1. The Kier molecular flexibility index (Phi) is 15.9. The van der Waals surface area contributed by atoms with E-state index in [4.69, 9.17) is 17.2 Å². The molecule has 0 radical (unpaired) electrons. The first-order valence-corrected chi connectivity index (χ1v) is 12.8. The minimum Gasteiger partial charge on any atom is -0.481 e. The number of carbonyl (C=O) groups is 5. The zero-order chi connectivity index (χ0) is 27.8. The van der Waals surface area contributed by atoms with Crippen LogP contribution in [0.25, 0.3) is 0 Å². The first kappa shape index (κ1) is 32.9. The average molecular weight is 534 g/mol. The summed E-state index contributed by atoms with van der Waals surface area (Å²) in [6, 6.07) is -4.85. The van der Waals surface area contributed by atoms with Crippen molar-refractivity contribution in [3.8, 4) is 0 Å². The lowest BCUT2D eigenvalue weighted by molar-refractivity contribution is -0.144. The lowest BCUT2D eigenvalue weighted by atomic mass is 10.0. The summed E-state index contributed by atoms with van der Waals surface area (Å²) in [6.07, 6.45) is 1.99. The zero-order valence-corrected chi connectivity index (χ0v) is 21.7. The van der Waals surface area contributed by atoms with Crippen molar-refractivity contribution in [3.05, 3.63) is 0 Å². The second-order valence-corrected chi connectivity index (χ2v) is 9.57. The predicted octanol–water partition coefficient (Wildman–Crippen LogP) is -1.82. The Morgan fingerprint density at radius 3 is 1.94 bits per heavy atom. The molecule has 0 aromatic rings. The second kappa shape index (κ2) is 17.4. The van der Waals surface area contributed by atoms with Gasteiger partial charge in [0.1, 0.15) is 18.1 Å². The molecule has 0 fully saturated rings. The molecule has 0 saturated carbocycles. The molecular weight excluding hydrogens is 494 g/mol. The number of carbonyl (C=O) groups excluding carboxylic acids is 3. The maximum Gasteiger partial charge on any atom is 0.326 e. The monoisotopic (exact) mass is 533 g/mol. The molecular formula is C21H39N7O7S. The van der Waals surface area contributed by atoms with Crippen molar-refractivity contribution in [2.45, 2.75) is 70.1 Å². The molecule has 0 aromatic carbocycles. The molecule has 14 nitrogen and oxygen atoms in total. The molecule has 4 atom stereocenters. The summed E-state index contributed by atoms with van der Waals surface area (Å²) >= 11 is 1.42. The minimum absolute atomic E-state index is 0.0614. The first-order valence-electron chi connectivity index (χ1n) is 11.4. The lowest BCUT2D eigenvalue weighted by Crippen LogP contribution is -2.57. The van der Waals surface area contributed by atoms with Crippen LogP contribution < -0.4 is 33.2 Å². The quantitative estimate of drug-likeness (QED) is 0.0553. The first-order chi connectivity index (χ1) is 16.8. The van der Waals surface area contributed by atoms with Crippen molar-refractivity contribution in [3.63, 3.8) is 0 Å². The number of carboxylic acids is 2. The van der Waals surface area contributed by atoms with E-state index < -0.39 is 60.2 Å². The fourth-order valence-corrected chi connectivity index (χ4v) is 3.53. The predicted molar refractivity (Wildman–Crippen MR) is 136 cm³/mol. The Labute approximate surface area is 214 Å². The highest BCUT2D eigenvalue weighted by molar-refractivity contribution is 7.98. The summed E-state index contributed by atoms with van der Waals surface area (Å²) in [5.74, 6) is -4.68. The number of guanidine groups is 1. The summed E-state index contributed by atoms with van der Waals surface area (Å²) in [5.41, 5.74) is 16.4. The van der Waals surface area contributed by atoms with Crippen molar-refractivity contribution < 1.29 is 34.2 Å². The second-order valence-electron chi connectivity index (χ2n) is 8.59. The van der Waals surface area contributed by atoms with E-state index in [1.165, 1.54) is 11.8 Å². The van der Waals surface area contributed by atoms with E-state index in [-0.39, 0.29) is 37.7 Å². The van der Waals surface area contributed by atoms with E-state index in [0.717, 1.165) is 0 Å². The Bertz CT molecular complexity index is 791. The minimum atomic E-state index is -1.55. The smallest absolute Gasteiger partial charge is 0.326 e. The number of nitrogens with zero attached hydrogens (tertiary/aromatic N) is 1. The molecule has 15 heteroatoms. The van der Waals surface area contributed by atoms with Gasteiger partial charge in [-0.3, -0.25) is 24.2 Å². The molecule has 0 heterocycles. The van der Waals surface area contributed by atoms with Crippen LogP contribution in [0.2, 0.25) is 0 Å². The maximum atomic E-state index is 12.9. The van der Waals surface area contributed by atoms with Gasteiger partial charge >= 0.3 is 11.9 Å². The van der Waals surface area contributed by atoms with Gasteiger partial charge in [0.25, 0.3) is 0 Å². The number of hydrogen-bond donors (Lipinski definition) is 8. The number of amides is 3. The summed E-state index contributed by atoms with van der Waals surface area (Å²) in [6.45, 7) is 3.81. The number of carboxylic acid groups (broad SMARTS) is 2. The van der Waals surface area contributed by atoms with Gasteiger partial charge in [-0.15, -0.1) is 0 Å². The van der Waals surface area contributed by atoms with Crippen molar-refractivity contribution in [2.24, 2.45) is 28.1 Å². The number of rotatable bonds is 18. The van der Waals surface area contributed by atoms with Gasteiger partial charge < -0.3 is 43.4 Å². The number of nitrogens with two attached hydrogens (primary N) is 3. The molecule has 0 bridgehead atoms. The van der Waals surface area contributed by atoms with Gasteiger partial charge in [0, 0.05) is 6.54 Å². The van der Waals surface area contributed by atoms with E-state index in [1.807, 2.05) is 0 Å². The molecule has 0 aliphatic heterocycles. The van der Waals surface area contributed by atoms with Crippen LogP contribution in [-0.4, -0.2) is 88.6 Å². The SMILES string of the molecule is CSCCC(NC(=O)C(N)CCCN=C(N)N)C(=O)NC(CC(=O)O)C(=O)NC(CC(C)C)C(=O)O. The highest BCUT2D eigenvalue weighted by Gasteiger charge is 2.31. The number of aliphatic imine (C=N–C) groups is 1. The van der Waals surface area contributed by atoms with Crippen LogP contribution in [0.1, 0.15) is 46.0 Å². The molecule has 0 aromatic heterocycles. The van der Waals surface area contributed by atoms with Gasteiger partial charge in [-0.05, 0) is 43.6 Å². The van der Waals surface area contributed by atoms with E-state index in [1.54, 1.807) is 20.1 Å². The molecule has 4 unspecified atom stereocenters. The van der Waals surface area contributed by atoms with Crippen molar-refractivity contribution in [2.75, 3.05) is 18.6 Å². The third-order valence-electron chi connectivity index (χ3n) is 4.88. The maximum absolute atomic E-state index is 12.9. The molecule has 36 heavy (non-hydrogen) atoms. The summed E-state index contributed by atoms with van der Waals surface area (Å²) in [5, 5.41) is 25.7. The largest absolute Gasteiger partial charge is 0.481 e. The highest BCUT2D eigenvalue weighted by atomic mass is 32.2. The Morgan fingerprint density at radius 2 is 1.44 bits per heavy atom. The Morgan fingerprint density at radius 1 is 0.889 bits per heavy atom. The fourth-order valence-electron chi connectivity index (χ4n) is 3.06. The topological polar surface area (TPSA) is 252 Å². The normalized spacial score (nSPS) is 14.1. The van der Waals surface area contributed by atoms with Gasteiger partial charge in [0.05, 0.1) is 12.5 Å². The van der Waals surface area contributed by atoms with Gasteiger partial charge in [-0.1, -0.05) is 13.8 Å². The van der Waals surface area contributed by atoms with Crippen LogP contribution >= 0.6 is 11.8 Å². The Balaban J connectivity index is 5.39. The van der Waals surface area contributed by atoms with Crippen LogP contribution in [-0.2, 0) is 24.0 Å². The number of aliphatic carboxylic acids is 2. The molecule has 0 rings (SSSR count). The van der Waals surface area contributed by atoms with E-state index in [0.29, 0.717) is 12.2 Å². The summed E-state index contributed by atoms with van der Waals surface area (Å²) in [7, 11) is 0. The third-order valence-corrected chi connectivity index (χ3v) is 5.53. The molecule has 3 amide bonds. The summed E-state index contributed by atoms with van der Waals surface area (Å²) < 4.78 is 0. The van der Waals surface area contributed by atoms with Crippen molar-refractivity contribution >= 4 is 47.4 Å². The molecule has 11 N–H and O–H groups in total. The lowest BCUT2D eigenvalue weighted by Gasteiger charge is -2.25. The zero-order valence-electron chi connectivity index (χ0n) is 20.9. The van der Waals surface area contributed by atoms with Crippen LogP contribution in [0, 0.1) is 5.92 Å². The van der Waals surface area contributed by atoms with Crippen LogP contribution in [0.3, 0.4) is 0 Å². The van der Waals surface area contributed by atoms with E-state index >= 15 is 0 Å². The highest BCUT2D eigenvalue weighted by Crippen LogP contribution is 2.08. The molecule has 206 valence electrons. The molecule has 0 spiro atoms. The van der Waals surface area contributed by atoms with Gasteiger partial charge in [0.15, 0.2) is 5.96 Å². The van der Waals surface area contributed by atoms with Crippen LogP contribution in [0.15, 0.2) is 4.99 Å². The van der Waals surface area contributed by atoms with Crippen molar-refractivity contribution in [1.82, 2.24) is 16.0 Å².